The Bertz CT molecular complexity index is 1440. The third-order valence-corrected chi connectivity index (χ3v) is 6.46. The van der Waals surface area contributed by atoms with Crippen LogP contribution >= 0.6 is 22.7 Å². The smallest absolute Gasteiger partial charge is 0.276 e. The molecule has 0 bridgehead atoms. The summed E-state index contributed by atoms with van der Waals surface area (Å²) in [5.74, 6) is -1.75. The molecule has 2 aromatic carbocycles. The number of carbonyl (C=O) groups is 2. The molecule has 0 radical (unpaired) electrons. The van der Waals surface area contributed by atoms with Gasteiger partial charge in [0.2, 0.25) is 0 Å². The molecule has 2 amide bonds. The predicted molar refractivity (Wildman–Crippen MR) is 135 cm³/mol. The van der Waals surface area contributed by atoms with Gasteiger partial charge in [-0.2, -0.15) is 0 Å². The van der Waals surface area contributed by atoms with Crippen LogP contribution < -0.4 is 10.6 Å². The van der Waals surface area contributed by atoms with E-state index in [-0.39, 0.29) is 23.0 Å². The Balaban J connectivity index is 1.25. The summed E-state index contributed by atoms with van der Waals surface area (Å²) in [5.41, 5.74) is 2.70. The lowest BCUT2D eigenvalue weighted by atomic mass is 10.2. The Kier molecular flexibility index (Phi) is 6.56. The summed E-state index contributed by atoms with van der Waals surface area (Å²) >= 11 is 2.43. The second kappa shape index (κ2) is 10.1. The van der Waals surface area contributed by atoms with Crippen molar-refractivity contribution in [2.75, 3.05) is 10.6 Å². The van der Waals surface area contributed by atoms with E-state index in [4.69, 9.17) is 0 Å². The number of nitrogens with one attached hydrogen (secondary N) is 2. The summed E-state index contributed by atoms with van der Waals surface area (Å²) < 4.78 is 26.3. The van der Waals surface area contributed by atoms with E-state index in [0.717, 1.165) is 11.1 Å². The van der Waals surface area contributed by atoms with Crippen molar-refractivity contribution in [3.63, 3.8) is 0 Å². The van der Waals surface area contributed by atoms with Crippen molar-refractivity contribution in [2.45, 2.75) is 0 Å². The monoisotopic (exact) mass is 519 g/mol. The van der Waals surface area contributed by atoms with Crippen LogP contribution in [0, 0.1) is 11.6 Å². The van der Waals surface area contributed by atoms with E-state index in [2.05, 4.69) is 25.6 Å². The highest BCUT2D eigenvalue weighted by molar-refractivity contribution is 7.14. The third kappa shape index (κ3) is 5.32. The number of benzene rings is 2. The zero-order valence-electron chi connectivity index (χ0n) is 18.2. The van der Waals surface area contributed by atoms with Crippen LogP contribution in [0.5, 0.6) is 0 Å². The summed E-state index contributed by atoms with van der Waals surface area (Å²) in [6.45, 7) is 0. The molecule has 0 saturated carbocycles. The number of rotatable bonds is 6. The maximum absolute atomic E-state index is 13.1. The second-order valence-corrected chi connectivity index (χ2v) is 9.12. The van der Waals surface area contributed by atoms with Crippen molar-refractivity contribution in [3.8, 4) is 22.5 Å². The van der Waals surface area contributed by atoms with Crippen LogP contribution in [0.25, 0.3) is 22.5 Å². The zero-order valence-corrected chi connectivity index (χ0v) is 19.9. The molecule has 0 saturated heterocycles. The molecule has 178 valence electrons. The van der Waals surface area contributed by atoms with Crippen molar-refractivity contribution in [1.82, 2.24) is 15.0 Å². The quantitative estimate of drug-likeness (QED) is 0.282. The molecule has 11 heteroatoms. The van der Waals surface area contributed by atoms with Gasteiger partial charge < -0.3 is 0 Å². The topological polar surface area (TPSA) is 96.9 Å². The maximum Gasteiger partial charge on any atom is 0.276 e. The van der Waals surface area contributed by atoms with E-state index in [0.29, 0.717) is 21.7 Å². The Morgan fingerprint density at radius 1 is 0.611 bits per heavy atom. The highest BCUT2D eigenvalue weighted by Crippen LogP contribution is 2.26. The molecule has 0 aliphatic carbocycles. The first kappa shape index (κ1) is 23.4. The van der Waals surface area contributed by atoms with E-state index >= 15 is 0 Å². The van der Waals surface area contributed by atoms with Crippen LogP contribution in [0.2, 0.25) is 0 Å². The van der Waals surface area contributed by atoms with Gasteiger partial charge in [0, 0.05) is 21.9 Å². The fourth-order valence-electron chi connectivity index (χ4n) is 3.18. The van der Waals surface area contributed by atoms with Crippen molar-refractivity contribution in [2.24, 2.45) is 0 Å². The summed E-state index contributed by atoms with van der Waals surface area (Å²) in [6.07, 6.45) is 0. The first-order valence-electron chi connectivity index (χ1n) is 10.5. The molecule has 0 fully saturated rings. The Hall–Kier alpha value is -4.35. The third-order valence-electron chi connectivity index (χ3n) is 4.94. The van der Waals surface area contributed by atoms with Gasteiger partial charge in [-0.1, -0.05) is 6.07 Å². The van der Waals surface area contributed by atoms with Crippen molar-refractivity contribution in [1.29, 1.82) is 0 Å². The number of anilines is 2. The maximum atomic E-state index is 13.1. The predicted octanol–water partition coefficient (Wildman–Crippen LogP) is 6.11. The van der Waals surface area contributed by atoms with Gasteiger partial charge in [-0.15, -0.1) is 22.7 Å². The van der Waals surface area contributed by atoms with E-state index in [1.165, 1.54) is 59.1 Å². The summed E-state index contributed by atoms with van der Waals surface area (Å²) in [5, 5.41) is 9.50. The fraction of sp³-hybridized carbons (Fsp3) is 0. The first-order chi connectivity index (χ1) is 17.4. The van der Waals surface area contributed by atoms with E-state index in [9.17, 15) is 18.4 Å². The van der Waals surface area contributed by atoms with Crippen LogP contribution in [0.1, 0.15) is 21.0 Å². The van der Waals surface area contributed by atoms with Gasteiger partial charge in [-0.05, 0) is 60.7 Å². The molecule has 7 nitrogen and oxygen atoms in total. The summed E-state index contributed by atoms with van der Waals surface area (Å²) in [7, 11) is 0. The van der Waals surface area contributed by atoms with Crippen LogP contribution in [-0.4, -0.2) is 26.8 Å². The molecular formula is C25H15F2N5O2S2. The van der Waals surface area contributed by atoms with Gasteiger partial charge in [-0.3, -0.25) is 20.2 Å². The number of amides is 2. The lowest BCUT2D eigenvalue weighted by Gasteiger charge is -2.04. The number of aromatic nitrogens is 3. The first-order valence-corrected chi connectivity index (χ1v) is 12.2. The number of thiazole rings is 2. The Morgan fingerprint density at radius 3 is 1.44 bits per heavy atom. The Labute approximate surface area is 211 Å². The van der Waals surface area contributed by atoms with Gasteiger partial charge in [0.1, 0.15) is 23.0 Å². The van der Waals surface area contributed by atoms with Gasteiger partial charge in [0.05, 0.1) is 11.4 Å². The molecule has 3 heterocycles. The minimum absolute atomic E-state index is 0.0346. The number of carbonyl (C=O) groups excluding carboxylic acids is 2. The van der Waals surface area contributed by atoms with Crippen molar-refractivity contribution < 1.29 is 18.4 Å². The molecule has 2 N–H and O–H groups in total. The van der Waals surface area contributed by atoms with Gasteiger partial charge in [-0.25, -0.2) is 23.7 Å². The van der Waals surface area contributed by atoms with Crippen LogP contribution in [0.15, 0.2) is 77.5 Å². The fourth-order valence-corrected chi connectivity index (χ4v) is 4.61. The van der Waals surface area contributed by atoms with Crippen LogP contribution in [0.4, 0.5) is 19.0 Å². The van der Waals surface area contributed by atoms with Gasteiger partial charge in [0.15, 0.2) is 10.3 Å². The van der Waals surface area contributed by atoms with E-state index in [1.807, 2.05) is 0 Å². The lowest BCUT2D eigenvalue weighted by Crippen LogP contribution is -2.18. The highest BCUT2D eigenvalue weighted by atomic mass is 32.1. The molecule has 0 unspecified atom stereocenters. The minimum atomic E-state index is -0.530. The molecule has 0 spiro atoms. The zero-order chi connectivity index (χ0) is 25.1. The van der Waals surface area contributed by atoms with Crippen LogP contribution in [0.3, 0.4) is 0 Å². The lowest BCUT2D eigenvalue weighted by molar-refractivity contribution is 0.101. The van der Waals surface area contributed by atoms with Gasteiger partial charge in [0.25, 0.3) is 11.8 Å². The largest absolute Gasteiger partial charge is 0.296 e. The molecular weight excluding hydrogens is 504 g/mol. The minimum Gasteiger partial charge on any atom is -0.296 e. The number of halogens is 2. The Morgan fingerprint density at radius 2 is 1.03 bits per heavy atom. The standard InChI is InChI=1S/C25H15F2N5O2S2/c26-16-8-4-14(5-9-16)20-12-35-24(29-20)31-22(33)18-2-1-3-19(28-18)23(34)32-25-30-21(13-36-25)15-6-10-17(27)11-7-15/h1-13H,(H,29,31,33)(H,30,32,34). The molecule has 0 atom stereocenters. The SMILES string of the molecule is O=C(Nc1nc(-c2ccc(F)cc2)cs1)c1cccc(C(=O)Nc2nc(-c3ccc(F)cc3)cs2)n1. The average Bonchev–Trinajstić information content (AvgIpc) is 3.55. The molecule has 5 rings (SSSR count). The molecule has 36 heavy (non-hydrogen) atoms. The molecule has 5 aromatic rings. The highest BCUT2D eigenvalue weighted by Gasteiger charge is 2.16. The van der Waals surface area contributed by atoms with E-state index < -0.39 is 11.8 Å². The molecule has 3 aromatic heterocycles. The van der Waals surface area contributed by atoms with Crippen molar-refractivity contribution >= 4 is 44.8 Å². The summed E-state index contributed by atoms with van der Waals surface area (Å²) in [4.78, 5) is 38.3. The van der Waals surface area contributed by atoms with Crippen molar-refractivity contribution in [3.05, 3.63) is 101 Å². The second-order valence-electron chi connectivity index (χ2n) is 7.41. The normalized spacial score (nSPS) is 10.7. The van der Waals surface area contributed by atoms with E-state index in [1.54, 1.807) is 41.1 Å². The number of hydrogen-bond acceptors (Lipinski definition) is 7. The number of hydrogen-bond donors (Lipinski definition) is 2. The molecule has 0 aliphatic heterocycles. The van der Waals surface area contributed by atoms with Gasteiger partial charge >= 0.3 is 0 Å². The summed E-state index contributed by atoms with van der Waals surface area (Å²) in [6, 6.07) is 16.3. The molecule has 0 aliphatic rings. The number of nitrogens with zero attached hydrogens (tertiary/aromatic N) is 3. The number of pyridine rings is 1. The average molecular weight is 520 g/mol. The van der Waals surface area contributed by atoms with Crippen LogP contribution in [-0.2, 0) is 0 Å².